The Morgan fingerprint density at radius 3 is 1.98 bits per heavy atom. The Morgan fingerprint density at radius 1 is 0.525 bits per heavy atom. The van der Waals surface area contributed by atoms with Crippen LogP contribution in [0.3, 0.4) is 0 Å². The van der Waals surface area contributed by atoms with Gasteiger partial charge in [0.15, 0.2) is 0 Å². The van der Waals surface area contributed by atoms with Crippen LogP contribution in [0.25, 0.3) is 99.7 Å². The number of H-pyrrole nitrogens is 1. The van der Waals surface area contributed by atoms with Gasteiger partial charge in [0.25, 0.3) is 0 Å². The Balaban J connectivity index is 1.03. The third-order valence-corrected chi connectivity index (χ3v) is 14.0. The minimum Gasteiger partial charge on any atom is -0.366 e. The number of pyridine rings is 3. The molecule has 0 saturated heterocycles. The topological polar surface area (TPSA) is 64.3 Å². The van der Waals surface area contributed by atoms with Crippen molar-refractivity contribution in [3.8, 4) is 33.8 Å². The molecule has 0 spiro atoms. The van der Waals surface area contributed by atoms with Crippen LogP contribution in [0.15, 0.2) is 146 Å². The van der Waals surface area contributed by atoms with Gasteiger partial charge in [-0.25, -0.2) is 0 Å². The number of allylic oxidation sites excluding steroid dienone is 1. The van der Waals surface area contributed by atoms with Crippen molar-refractivity contribution in [2.24, 2.45) is 0 Å². The van der Waals surface area contributed by atoms with E-state index in [4.69, 9.17) is 9.97 Å². The molecule has 0 atom stereocenters. The van der Waals surface area contributed by atoms with Crippen molar-refractivity contribution in [1.29, 1.82) is 0 Å². The smallest absolute Gasteiger partial charge is 0.0780 e. The number of nitrogens with zero attached hydrogens (tertiary/aromatic N) is 5. The molecule has 0 aliphatic heterocycles. The van der Waals surface area contributed by atoms with Crippen molar-refractivity contribution < 1.29 is 0 Å². The number of hydrogen-bond acceptors (Lipinski definition) is 3. The highest BCUT2D eigenvalue weighted by molar-refractivity contribution is 6.15. The molecule has 3 aliphatic carbocycles. The molecule has 6 nitrogen and oxygen atoms in total. The maximum absolute atomic E-state index is 4.99. The standard InChI is InChI=1S/C55H38N6/c1-3-9-40-32(6-1)19-24-58-52(40)36-13-17-48-44(28-36)46-26-34-11-12-35-27-47-45-29-37(53-41-10-4-2-7-33(41)20-25-59-53)14-18-49(45)61(39-21-23-57-31-39)55(47)43-16-15-42(50(34)51(35)43)54(46)60(48)38-8-5-22-56-30-38/h1-10,14,18-31,57H,11-13,15-17H2. The molecule has 61 heavy (non-hydrogen) atoms. The summed E-state index contributed by atoms with van der Waals surface area (Å²) in [7, 11) is 0. The van der Waals surface area contributed by atoms with E-state index in [0.717, 1.165) is 66.9 Å². The molecule has 0 saturated carbocycles. The van der Waals surface area contributed by atoms with Crippen LogP contribution >= 0.6 is 0 Å². The van der Waals surface area contributed by atoms with Crippen molar-refractivity contribution in [2.75, 3.05) is 0 Å². The van der Waals surface area contributed by atoms with E-state index in [9.17, 15) is 0 Å². The number of benzene rings is 5. The van der Waals surface area contributed by atoms with Crippen molar-refractivity contribution in [1.82, 2.24) is 29.1 Å². The van der Waals surface area contributed by atoms with Crippen LogP contribution in [0.2, 0.25) is 0 Å². The number of aryl methyl sites for hydroxylation is 4. The van der Waals surface area contributed by atoms with Gasteiger partial charge in [-0.1, -0.05) is 54.6 Å². The van der Waals surface area contributed by atoms with Gasteiger partial charge in [-0.15, -0.1) is 0 Å². The van der Waals surface area contributed by atoms with Gasteiger partial charge in [-0.3, -0.25) is 15.0 Å². The van der Waals surface area contributed by atoms with E-state index >= 15 is 0 Å². The predicted octanol–water partition coefficient (Wildman–Crippen LogP) is 12.6. The lowest BCUT2D eigenvalue weighted by atomic mass is 9.73. The van der Waals surface area contributed by atoms with E-state index < -0.39 is 0 Å². The first kappa shape index (κ1) is 33.3. The van der Waals surface area contributed by atoms with E-state index in [1.54, 1.807) is 0 Å². The number of aromatic amines is 1. The van der Waals surface area contributed by atoms with Gasteiger partial charge in [-0.05, 0) is 149 Å². The summed E-state index contributed by atoms with van der Waals surface area (Å²) in [6.45, 7) is 0. The number of hydrogen-bond donors (Lipinski definition) is 1. The summed E-state index contributed by atoms with van der Waals surface area (Å²) in [4.78, 5) is 18.0. The van der Waals surface area contributed by atoms with Crippen LogP contribution in [-0.2, 0) is 32.1 Å². The number of aromatic nitrogens is 6. The first-order chi connectivity index (χ1) is 30.3. The van der Waals surface area contributed by atoms with Crippen molar-refractivity contribution in [3.63, 3.8) is 0 Å². The summed E-state index contributed by atoms with van der Waals surface area (Å²) in [5.74, 6) is 0. The molecule has 0 amide bonds. The lowest BCUT2D eigenvalue weighted by molar-refractivity contribution is 0.868. The Kier molecular flexibility index (Phi) is 6.81. The average molecular weight is 783 g/mol. The van der Waals surface area contributed by atoms with E-state index in [0.29, 0.717) is 0 Å². The van der Waals surface area contributed by atoms with E-state index in [1.807, 2.05) is 31.0 Å². The molecule has 0 radical (unpaired) electrons. The molecule has 11 aromatic rings. The predicted molar refractivity (Wildman–Crippen MR) is 249 cm³/mol. The molecule has 6 aromatic heterocycles. The SMILES string of the molecule is C1=C(c2nccc3ccccc23)CCc2c1c1cc3c4c(c1n2-c1cccnc1)CCc1c-4c(cc2c4cc(-c5nccc6ccccc56)ccc4n(-c4cc[nH]c4)c12)CC3. The fraction of sp³-hybridized carbons (Fsp3) is 0.109. The maximum atomic E-state index is 4.99. The number of rotatable bonds is 4. The molecule has 1 N–H and O–H groups in total. The Morgan fingerprint density at radius 2 is 1.25 bits per heavy atom. The van der Waals surface area contributed by atoms with Crippen LogP contribution in [-0.4, -0.2) is 29.1 Å². The van der Waals surface area contributed by atoms with Gasteiger partial charge in [0.05, 0.1) is 45.5 Å². The minimum absolute atomic E-state index is 0.937. The number of nitrogens with one attached hydrogen (secondary N) is 1. The van der Waals surface area contributed by atoms with Crippen molar-refractivity contribution in [3.05, 3.63) is 186 Å². The molecule has 0 unspecified atom stereocenters. The van der Waals surface area contributed by atoms with Crippen molar-refractivity contribution in [2.45, 2.75) is 38.5 Å². The highest BCUT2D eigenvalue weighted by Crippen LogP contribution is 2.52. The average Bonchev–Trinajstić information content (AvgIpc) is 4.05. The van der Waals surface area contributed by atoms with Gasteiger partial charge in [0.2, 0.25) is 0 Å². The second-order valence-electron chi connectivity index (χ2n) is 17.0. The van der Waals surface area contributed by atoms with E-state index in [-0.39, 0.29) is 0 Å². The van der Waals surface area contributed by atoms with Gasteiger partial charge >= 0.3 is 0 Å². The summed E-state index contributed by atoms with van der Waals surface area (Å²) >= 11 is 0. The molecule has 6 heteroatoms. The number of fused-ring (bicyclic) bond motifs is 10. The third kappa shape index (κ3) is 4.64. The fourth-order valence-corrected chi connectivity index (χ4v) is 11.5. The maximum Gasteiger partial charge on any atom is 0.0780 e. The summed E-state index contributed by atoms with van der Waals surface area (Å²) in [6.07, 6.45) is 20.3. The Hall–Kier alpha value is -7.57. The lowest BCUT2D eigenvalue weighted by Gasteiger charge is -2.31. The highest BCUT2D eigenvalue weighted by atomic mass is 15.0. The van der Waals surface area contributed by atoms with Crippen LogP contribution in [0.1, 0.15) is 45.6 Å². The Labute approximate surface area is 351 Å². The Bertz CT molecular complexity index is 3690. The van der Waals surface area contributed by atoms with Gasteiger partial charge < -0.3 is 14.1 Å². The van der Waals surface area contributed by atoms with Gasteiger partial charge in [0, 0.05) is 74.7 Å². The molecule has 5 aromatic carbocycles. The van der Waals surface area contributed by atoms with E-state index in [1.165, 1.54) is 104 Å². The molecule has 288 valence electrons. The largest absolute Gasteiger partial charge is 0.366 e. The first-order valence-electron chi connectivity index (χ1n) is 21.5. The normalized spacial score (nSPS) is 14.3. The summed E-state index contributed by atoms with van der Waals surface area (Å²) in [5.41, 5.74) is 22.3. The zero-order valence-electron chi connectivity index (χ0n) is 33.4. The highest BCUT2D eigenvalue weighted by Gasteiger charge is 2.34. The van der Waals surface area contributed by atoms with Crippen LogP contribution in [0.4, 0.5) is 0 Å². The quantitative estimate of drug-likeness (QED) is 0.193. The summed E-state index contributed by atoms with van der Waals surface area (Å²) < 4.78 is 5.08. The minimum atomic E-state index is 0.937. The zero-order chi connectivity index (χ0) is 39.8. The molecule has 3 aliphatic rings. The summed E-state index contributed by atoms with van der Waals surface area (Å²) in [6, 6.07) is 40.1. The second-order valence-corrected chi connectivity index (χ2v) is 17.0. The zero-order valence-corrected chi connectivity index (χ0v) is 33.4. The van der Waals surface area contributed by atoms with Gasteiger partial charge in [-0.2, -0.15) is 0 Å². The molecule has 0 bridgehead atoms. The van der Waals surface area contributed by atoms with Crippen LogP contribution in [0, 0.1) is 0 Å². The van der Waals surface area contributed by atoms with Crippen LogP contribution in [0.5, 0.6) is 0 Å². The second kappa shape index (κ2) is 12.5. The third-order valence-electron chi connectivity index (χ3n) is 14.0. The monoisotopic (exact) mass is 782 g/mol. The van der Waals surface area contributed by atoms with Crippen LogP contribution < -0.4 is 0 Å². The molecule has 0 fully saturated rings. The molecular weight excluding hydrogens is 745 g/mol. The summed E-state index contributed by atoms with van der Waals surface area (Å²) in [5, 5.41) is 8.79. The molecular formula is C55H38N6. The fourth-order valence-electron chi connectivity index (χ4n) is 11.5. The van der Waals surface area contributed by atoms with Gasteiger partial charge in [0.1, 0.15) is 0 Å². The van der Waals surface area contributed by atoms with Crippen molar-refractivity contribution >= 4 is 65.9 Å². The lowest BCUT2D eigenvalue weighted by Crippen LogP contribution is -2.16. The first-order valence-corrected chi connectivity index (χ1v) is 21.5. The van der Waals surface area contributed by atoms with E-state index in [2.05, 4.69) is 141 Å². The molecule has 14 rings (SSSR count). The molecule has 6 heterocycles.